The van der Waals surface area contributed by atoms with E-state index in [1.165, 1.54) is 14.2 Å². The van der Waals surface area contributed by atoms with Gasteiger partial charge in [0.15, 0.2) is 12.9 Å². The molecule has 0 bridgehead atoms. The van der Waals surface area contributed by atoms with Gasteiger partial charge in [0, 0.05) is 27.2 Å². The number of amides is 2. The molecular formula is C17H24N2O5. The van der Waals surface area contributed by atoms with Gasteiger partial charge in [-0.25, -0.2) is 0 Å². The van der Waals surface area contributed by atoms with Crippen LogP contribution in [0.1, 0.15) is 18.4 Å². The summed E-state index contributed by atoms with van der Waals surface area (Å²) >= 11 is 0. The average molecular weight is 336 g/mol. The van der Waals surface area contributed by atoms with Gasteiger partial charge in [-0.1, -0.05) is 6.07 Å². The number of ether oxygens (including phenoxy) is 3. The number of benzene rings is 1. The summed E-state index contributed by atoms with van der Waals surface area (Å²) in [4.78, 5) is 25.6. The van der Waals surface area contributed by atoms with E-state index in [0.29, 0.717) is 31.7 Å². The smallest absolute Gasteiger partial charge is 0.265 e. The summed E-state index contributed by atoms with van der Waals surface area (Å²) in [6, 6.07) is 5.74. The Kier molecular flexibility index (Phi) is 6.57. The quantitative estimate of drug-likeness (QED) is 0.723. The third-order valence-corrected chi connectivity index (χ3v) is 3.83. The van der Waals surface area contributed by atoms with Crippen molar-refractivity contribution < 1.29 is 23.8 Å². The lowest BCUT2D eigenvalue weighted by molar-refractivity contribution is -0.127. The van der Waals surface area contributed by atoms with Crippen LogP contribution in [0.4, 0.5) is 5.69 Å². The minimum atomic E-state index is -0.454. The van der Waals surface area contributed by atoms with Crippen LogP contribution in [0, 0.1) is 6.92 Å². The van der Waals surface area contributed by atoms with E-state index in [2.05, 4.69) is 5.32 Å². The lowest BCUT2D eigenvalue weighted by Gasteiger charge is -2.29. The molecule has 2 amide bonds. The van der Waals surface area contributed by atoms with Crippen molar-refractivity contribution in [3.8, 4) is 5.75 Å². The SMILES string of the molecule is COC(CNC(=O)CCCN1C(=O)COc2ccc(C)cc21)OC. The summed E-state index contributed by atoms with van der Waals surface area (Å²) in [5.41, 5.74) is 1.82. The van der Waals surface area contributed by atoms with Gasteiger partial charge in [0.1, 0.15) is 5.75 Å². The number of anilines is 1. The van der Waals surface area contributed by atoms with Crippen molar-refractivity contribution in [1.82, 2.24) is 5.32 Å². The number of carbonyl (C=O) groups excluding carboxylic acids is 2. The Morgan fingerprint density at radius 3 is 2.83 bits per heavy atom. The fourth-order valence-electron chi connectivity index (χ4n) is 2.50. The van der Waals surface area contributed by atoms with Crippen LogP contribution in [0.15, 0.2) is 18.2 Å². The molecule has 1 N–H and O–H groups in total. The average Bonchev–Trinajstić information content (AvgIpc) is 2.58. The molecule has 0 saturated heterocycles. The van der Waals surface area contributed by atoms with Crippen LogP contribution in [-0.2, 0) is 19.1 Å². The number of nitrogens with one attached hydrogen (secondary N) is 1. The molecule has 0 spiro atoms. The Morgan fingerprint density at radius 2 is 2.12 bits per heavy atom. The zero-order chi connectivity index (χ0) is 17.5. The summed E-state index contributed by atoms with van der Waals surface area (Å²) in [6.45, 7) is 2.77. The normalized spacial score (nSPS) is 13.7. The van der Waals surface area contributed by atoms with Gasteiger partial charge in [-0.3, -0.25) is 9.59 Å². The maximum absolute atomic E-state index is 12.1. The molecule has 0 radical (unpaired) electrons. The highest BCUT2D eigenvalue weighted by atomic mass is 16.7. The molecule has 7 nitrogen and oxygen atoms in total. The number of fused-ring (bicyclic) bond motifs is 1. The Balaban J connectivity index is 1.85. The minimum Gasteiger partial charge on any atom is -0.482 e. The minimum absolute atomic E-state index is 0.0333. The second-order valence-electron chi connectivity index (χ2n) is 5.61. The zero-order valence-corrected chi connectivity index (χ0v) is 14.3. The van der Waals surface area contributed by atoms with Gasteiger partial charge in [-0.15, -0.1) is 0 Å². The highest BCUT2D eigenvalue weighted by molar-refractivity contribution is 5.97. The highest BCUT2D eigenvalue weighted by Crippen LogP contribution is 2.32. The van der Waals surface area contributed by atoms with Crippen LogP contribution in [0.5, 0.6) is 5.75 Å². The summed E-state index contributed by atoms with van der Waals surface area (Å²) in [5.74, 6) is 0.513. The first-order chi connectivity index (χ1) is 11.5. The second kappa shape index (κ2) is 8.65. The van der Waals surface area contributed by atoms with E-state index in [1.807, 2.05) is 25.1 Å². The van der Waals surface area contributed by atoms with E-state index in [0.717, 1.165) is 11.3 Å². The first-order valence-electron chi connectivity index (χ1n) is 7.91. The number of methoxy groups -OCH3 is 2. The van der Waals surface area contributed by atoms with Crippen LogP contribution in [0.25, 0.3) is 0 Å². The molecule has 0 unspecified atom stereocenters. The van der Waals surface area contributed by atoms with Gasteiger partial charge in [-0.2, -0.15) is 0 Å². The predicted octanol–water partition coefficient (Wildman–Crippen LogP) is 1.24. The van der Waals surface area contributed by atoms with Gasteiger partial charge in [0.05, 0.1) is 12.2 Å². The van der Waals surface area contributed by atoms with E-state index in [-0.39, 0.29) is 18.4 Å². The number of hydrogen-bond acceptors (Lipinski definition) is 5. The zero-order valence-electron chi connectivity index (χ0n) is 14.3. The van der Waals surface area contributed by atoms with Gasteiger partial charge in [0.2, 0.25) is 5.91 Å². The summed E-state index contributed by atoms with van der Waals surface area (Å²) in [6.07, 6.45) is 0.436. The summed E-state index contributed by atoms with van der Waals surface area (Å²) in [5, 5.41) is 2.74. The van der Waals surface area contributed by atoms with E-state index in [9.17, 15) is 9.59 Å². The number of carbonyl (C=O) groups is 2. The molecule has 1 aromatic rings. The molecule has 0 fully saturated rings. The van der Waals surface area contributed by atoms with Gasteiger partial charge >= 0.3 is 0 Å². The number of nitrogens with zero attached hydrogens (tertiary/aromatic N) is 1. The van der Waals surface area contributed by atoms with Crippen molar-refractivity contribution in [2.45, 2.75) is 26.1 Å². The first-order valence-corrected chi connectivity index (χ1v) is 7.91. The maximum atomic E-state index is 12.1. The van der Waals surface area contributed by atoms with Crippen LogP contribution in [-0.4, -0.2) is 52.0 Å². The van der Waals surface area contributed by atoms with Crippen LogP contribution in [0.3, 0.4) is 0 Å². The Morgan fingerprint density at radius 1 is 1.38 bits per heavy atom. The lowest BCUT2D eigenvalue weighted by atomic mass is 10.1. The fraction of sp³-hybridized carbons (Fsp3) is 0.529. The van der Waals surface area contributed by atoms with Crippen molar-refractivity contribution >= 4 is 17.5 Å². The number of rotatable bonds is 8. The molecule has 0 aliphatic carbocycles. The molecule has 2 rings (SSSR count). The van der Waals surface area contributed by atoms with Crippen molar-refractivity contribution in [3.05, 3.63) is 23.8 Å². The standard InChI is InChI=1S/C17H24N2O5/c1-12-6-7-14-13(9-12)19(16(21)11-24-14)8-4-5-15(20)18-10-17(22-2)23-3/h6-7,9,17H,4-5,8,10-11H2,1-3H3,(H,18,20). The fourth-order valence-corrected chi connectivity index (χ4v) is 2.50. The number of aryl methyl sites for hydroxylation is 1. The van der Waals surface area contributed by atoms with Crippen molar-refractivity contribution in [3.63, 3.8) is 0 Å². The molecule has 1 aliphatic heterocycles. The lowest BCUT2D eigenvalue weighted by Crippen LogP contribution is -2.40. The van der Waals surface area contributed by atoms with E-state index in [4.69, 9.17) is 14.2 Å². The topological polar surface area (TPSA) is 77.1 Å². The Labute approximate surface area is 141 Å². The van der Waals surface area contributed by atoms with E-state index in [1.54, 1.807) is 4.90 Å². The Hall–Kier alpha value is -2.12. The molecule has 1 aromatic carbocycles. The summed E-state index contributed by atoms with van der Waals surface area (Å²) < 4.78 is 15.5. The molecule has 0 saturated carbocycles. The second-order valence-corrected chi connectivity index (χ2v) is 5.61. The largest absolute Gasteiger partial charge is 0.482 e. The third-order valence-electron chi connectivity index (χ3n) is 3.83. The van der Waals surface area contributed by atoms with Crippen LogP contribution >= 0.6 is 0 Å². The molecule has 1 aliphatic rings. The van der Waals surface area contributed by atoms with Gasteiger partial charge in [0.25, 0.3) is 5.91 Å². The molecule has 7 heteroatoms. The Bertz CT molecular complexity index is 586. The van der Waals surface area contributed by atoms with Crippen molar-refractivity contribution in [2.75, 3.05) is 38.8 Å². The number of hydrogen-bond donors (Lipinski definition) is 1. The van der Waals surface area contributed by atoms with E-state index < -0.39 is 6.29 Å². The molecular weight excluding hydrogens is 312 g/mol. The maximum Gasteiger partial charge on any atom is 0.265 e. The summed E-state index contributed by atoms with van der Waals surface area (Å²) in [7, 11) is 3.04. The van der Waals surface area contributed by atoms with Gasteiger partial charge < -0.3 is 24.4 Å². The first kappa shape index (κ1) is 18.2. The van der Waals surface area contributed by atoms with Crippen molar-refractivity contribution in [1.29, 1.82) is 0 Å². The molecule has 132 valence electrons. The van der Waals surface area contributed by atoms with E-state index >= 15 is 0 Å². The highest BCUT2D eigenvalue weighted by Gasteiger charge is 2.25. The predicted molar refractivity (Wildman–Crippen MR) is 89.1 cm³/mol. The molecule has 24 heavy (non-hydrogen) atoms. The van der Waals surface area contributed by atoms with Crippen LogP contribution < -0.4 is 15.0 Å². The van der Waals surface area contributed by atoms with Gasteiger partial charge in [-0.05, 0) is 31.0 Å². The monoisotopic (exact) mass is 336 g/mol. The van der Waals surface area contributed by atoms with Crippen LogP contribution in [0.2, 0.25) is 0 Å². The van der Waals surface area contributed by atoms with Crippen molar-refractivity contribution in [2.24, 2.45) is 0 Å². The molecule has 1 heterocycles. The third kappa shape index (κ3) is 4.69. The molecule has 0 atom stereocenters. The molecule has 0 aromatic heterocycles.